The molecule has 0 unspecified atom stereocenters. The van der Waals surface area contributed by atoms with Crippen molar-refractivity contribution in [1.29, 1.82) is 0 Å². The highest BCUT2D eigenvalue weighted by molar-refractivity contribution is 6.32. The first-order chi connectivity index (χ1) is 11.7. The fourth-order valence-electron chi connectivity index (χ4n) is 2.10. The van der Waals surface area contributed by atoms with Gasteiger partial charge >= 0.3 is 5.97 Å². The second-order valence-electron chi connectivity index (χ2n) is 5.64. The zero-order valence-electron chi connectivity index (χ0n) is 13.9. The van der Waals surface area contributed by atoms with E-state index in [1.807, 2.05) is 26.0 Å². The summed E-state index contributed by atoms with van der Waals surface area (Å²) >= 11 is 5.62. The van der Waals surface area contributed by atoms with Gasteiger partial charge in [0.2, 0.25) is 0 Å². The second kappa shape index (κ2) is 7.53. The van der Waals surface area contributed by atoms with E-state index >= 15 is 0 Å². The SMILES string of the molecule is Cc1ccc(C)c(NC(=O)[C@@H](C)OC(=O)c2cc(F)cc(Cl)c2O)c1. The number of carbonyl (C=O) groups is 2. The molecule has 0 radical (unpaired) electrons. The standard InChI is InChI=1S/C18H17ClFNO4/c1-9-4-5-10(2)15(6-9)21-17(23)11(3)25-18(24)13-7-12(20)8-14(19)16(13)22/h4-8,11,22H,1-3H3,(H,21,23)/t11-/m1/s1. The molecule has 0 aliphatic carbocycles. The first-order valence-corrected chi connectivity index (χ1v) is 7.84. The van der Waals surface area contributed by atoms with E-state index in [1.165, 1.54) is 6.92 Å². The molecule has 0 saturated heterocycles. The zero-order valence-corrected chi connectivity index (χ0v) is 14.6. The van der Waals surface area contributed by atoms with Gasteiger partial charge in [-0.15, -0.1) is 0 Å². The monoisotopic (exact) mass is 365 g/mol. The highest BCUT2D eigenvalue weighted by atomic mass is 35.5. The Morgan fingerprint density at radius 3 is 2.60 bits per heavy atom. The van der Waals surface area contributed by atoms with Gasteiger partial charge in [-0.25, -0.2) is 9.18 Å². The molecule has 0 bridgehead atoms. The van der Waals surface area contributed by atoms with Gasteiger partial charge in [0.25, 0.3) is 5.91 Å². The number of aryl methyl sites for hydroxylation is 2. The summed E-state index contributed by atoms with van der Waals surface area (Å²) in [5.74, 6) is -3.01. The predicted octanol–water partition coefficient (Wildman–Crippen LogP) is 3.99. The fraction of sp³-hybridized carbons (Fsp3) is 0.222. The van der Waals surface area contributed by atoms with Crippen LogP contribution in [0.3, 0.4) is 0 Å². The van der Waals surface area contributed by atoms with Crippen LogP contribution in [0.5, 0.6) is 5.75 Å². The summed E-state index contributed by atoms with van der Waals surface area (Å²) in [5.41, 5.74) is 1.97. The average Bonchev–Trinajstić information content (AvgIpc) is 2.54. The van der Waals surface area contributed by atoms with Crippen LogP contribution in [0, 0.1) is 19.7 Å². The van der Waals surface area contributed by atoms with Gasteiger partial charge in [-0.05, 0) is 50.1 Å². The van der Waals surface area contributed by atoms with Gasteiger partial charge in [0.15, 0.2) is 6.10 Å². The molecule has 2 N–H and O–H groups in total. The first-order valence-electron chi connectivity index (χ1n) is 7.46. The number of ether oxygens (including phenoxy) is 1. The van der Waals surface area contributed by atoms with Crippen molar-refractivity contribution >= 4 is 29.2 Å². The van der Waals surface area contributed by atoms with Crippen LogP contribution >= 0.6 is 11.6 Å². The average molecular weight is 366 g/mol. The number of amides is 1. The maximum absolute atomic E-state index is 13.4. The molecule has 0 saturated carbocycles. The van der Waals surface area contributed by atoms with Crippen LogP contribution in [0.15, 0.2) is 30.3 Å². The molecule has 2 aromatic rings. The molecule has 7 heteroatoms. The molecule has 25 heavy (non-hydrogen) atoms. The number of halogens is 2. The molecule has 2 aromatic carbocycles. The van der Waals surface area contributed by atoms with E-state index in [0.29, 0.717) is 5.69 Å². The Morgan fingerprint density at radius 2 is 1.92 bits per heavy atom. The molecule has 0 aliphatic rings. The first kappa shape index (κ1) is 18.7. The van der Waals surface area contributed by atoms with Gasteiger partial charge in [0.05, 0.1) is 5.02 Å². The van der Waals surface area contributed by atoms with Gasteiger partial charge in [-0.3, -0.25) is 4.79 Å². The number of esters is 1. The number of carbonyl (C=O) groups excluding carboxylic acids is 2. The maximum atomic E-state index is 13.4. The van der Waals surface area contributed by atoms with Crippen molar-refractivity contribution in [1.82, 2.24) is 0 Å². The predicted molar refractivity (Wildman–Crippen MR) is 92.5 cm³/mol. The summed E-state index contributed by atoms with van der Waals surface area (Å²) in [7, 11) is 0. The van der Waals surface area contributed by atoms with Crippen molar-refractivity contribution < 1.29 is 23.8 Å². The van der Waals surface area contributed by atoms with Crippen LogP contribution in [0.4, 0.5) is 10.1 Å². The van der Waals surface area contributed by atoms with E-state index in [4.69, 9.17) is 16.3 Å². The van der Waals surface area contributed by atoms with E-state index in [1.54, 1.807) is 6.07 Å². The summed E-state index contributed by atoms with van der Waals surface area (Å²) in [4.78, 5) is 24.3. The van der Waals surface area contributed by atoms with Crippen molar-refractivity contribution in [2.24, 2.45) is 0 Å². The van der Waals surface area contributed by atoms with Crippen LogP contribution in [0.2, 0.25) is 5.02 Å². The summed E-state index contributed by atoms with van der Waals surface area (Å²) in [6.45, 7) is 5.09. The molecule has 1 atom stereocenters. The Morgan fingerprint density at radius 1 is 1.24 bits per heavy atom. The smallest absolute Gasteiger partial charge is 0.342 e. The molecule has 132 valence electrons. The minimum absolute atomic E-state index is 0.320. The number of hydrogen-bond acceptors (Lipinski definition) is 4. The highest BCUT2D eigenvalue weighted by Crippen LogP contribution is 2.29. The summed E-state index contributed by atoms with van der Waals surface area (Å²) in [6, 6.07) is 7.21. The highest BCUT2D eigenvalue weighted by Gasteiger charge is 2.23. The minimum atomic E-state index is -1.16. The minimum Gasteiger partial charge on any atom is -0.505 e. The summed E-state index contributed by atoms with van der Waals surface area (Å²) in [5, 5.41) is 12.1. The Balaban J connectivity index is 2.11. The van der Waals surface area contributed by atoms with Gasteiger partial charge < -0.3 is 15.2 Å². The second-order valence-corrected chi connectivity index (χ2v) is 6.05. The molecule has 2 rings (SSSR count). The Labute approximate surface area is 149 Å². The topological polar surface area (TPSA) is 75.6 Å². The lowest BCUT2D eigenvalue weighted by molar-refractivity contribution is -0.123. The lowest BCUT2D eigenvalue weighted by atomic mass is 10.1. The van der Waals surface area contributed by atoms with Crippen molar-refractivity contribution in [3.63, 3.8) is 0 Å². The van der Waals surface area contributed by atoms with Crippen LogP contribution in [0.1, 0.15) is 28.4 Å². The normalized spacial score (nSPS) is 11.7. The van der Waals surface area contributed by atoms with Crippen molar-refractivity contribution in [3.05, 3.63) is 57.9 Å². The summed E-state index contributed by atoms with van der Waals surface area (Å²) in [6.07, 6.45) is -1.16. The molecule has 0 aliphatic heterocycles. The number of nitrogens with one attached hydrogen (secondary N) is 1. The molecular formula is C18H17ClFNO4. The van der Waals surface area contributed by atoms with E-state index in [-0.39, 0.29) is 5.02 Å². The Kier molecular flexibility index (Phi) is 5.64. The fourth-order valence-corrected chi connectivity index (χ4v) is 2.31. The van der Waals surface area contributed by atoms with Crippen molar-refractivity contribution in [3.8, 4) is 5.75 Å². The summed E-state index contributed by atoms with van der Waals surface area (Å²) < 4.78 is 18.3. The Hall–Kier alpha value is -2.60. The number of benzene rings is 2. The van der Waals surface area contributed by atoms with Crippen LogP contribution in [-0.4, -0.2) is 23.1 Å². The number of phenolic OH excluding ortho intramolecular Hbond substituents is 1. The number of phenols is 1. The molecule has 1 amide bonds. The van der Waals surface area contributed by atoms with E-state index in [0.717, 1.165) is 23.3 Å². The molecule has 0 fully saturated rings. The number of anilines is 1. The van der Waals surface area contributed by atoms with E-state index < -0.39 is 35.1 Å². The van der Waals surface area contributed by atoms with Crippen molar-refractivity contribution in [2.45, 2.75) is 26.9 Å². The van der Waals surface area contributed by atoms with Gasteiger partial charge in [0, 0.05) is 5.69 Å². The molecule has 0 aromatic heterocycles. The number of rotatable bonds is 4. The van der Waals surface area contributed by atoms with Gasteiger partial charge in [-0.2, -0.15) is 0 Å². The third-order valence-corrected chi connectivity index (χ3v) is 3.84. The number of aromatic hydroxyl groups is 1. The van der Waals surface area contributed by atoms with Gasteiger partial charge in [-0.1, -0.05) is 23.7 Å². The Bertz CT molecular complexity index is 838. The van der Waals surface area contributed by atoms with Crippen LogP contribution in [0.25, 0.3) is 0 Å². The maximum Gasteiger partial charge on any atom is 0.342 e. The zero-order chi connectivity index (χ0) is 18.7. The number of hydrogen-bond donors (Lipinski definition) is 2. The molecule has 0 heterocycles. The van der Waals surface area contributed by atoms with E-state index in [9.17, 15) is 19.1 Å². The van der Waals surface area contributed by atoms with Crippen LogP contribution in [-0.2, 0) is 9.53 Å². The lowest BCUT2D eigenvalue weighted by Crippen LogP contribution is -2.30. The quantitative estimate of drug-likeness (QED) is 0.803. The third-order valence-electron chi connectivity index (χ3n) is 3.55. The van der Waals surface area contributed by atoms with Gasteiger partial charge in [0.1, 0.15) is 17.1 Å². The third kappa shape index (κ3) is 4.48. The molecule has 0 spiro atoms. The van der Waals surface area contributed by atoms with Crippen LogP contribution < -0.4 is 5.32 Å². The van der Waals surface area contributed by atoms with E-state index in [2.05, 4.69) is 5.32 Å². The molecular weight excluding hydrogens is 349 g/mol. The largest absolute Gasteiger partial charge is 0.505 e. The molecule has 5 nitrogen and oxygen atoms in total. The lowest BCUT2D eigenvalue weighted by Gasteiger charge is -2.15. The van der Waals surface area contributed by atoms with Crippen molar-refractivity contribution in [2.75, 3.05) is 5.32 Å².